The summed E-state index contributed by atoms with van der Waals surface area (Å²) in [6.07, 6.45) is 22.6. The van der Waals surface area contributed by atoms with E-state index in [0.717, 1.165) is 31.6 Å². The molecular formula is C25H44N2O2. The van der Waals surface area contributed by atoms with Gasteiger partial charge in [-0.25, -0.2) is 9.98 Å². The average molecular weight is 405 g/mol. The first-order valence-corrected chi connectivity index (χ1v) is 12.6. The monoisotopic (exact) mass is 404 g/mol. The molecule has 0 heterocycles. The third-order valence-corrected chi connectivity index (χ3v) is 7.04. The summed E-state index contributed by atoms with van der Waals surface area (Å²) in [6, 6.07) is 4.04. The van der Waals surface area contributed by atoms with Gasteiger partial charge >= 0.3 is 5.97 Å². The number of nitrogens with zero attached hydrogens (tertiary/aromatic N) is 2. The van der Waals surface area contributed by atoms with Crippen LogP contribution in [-0.2, 0) is 4.79 Å². The molecule has 0 atom stereocenters. The standard InChI is InChI=1S/C13H22N2.C12H22O2/c1-3-7-12(8-4-1)14-11-15-13-9-5-2-6-10-13;1-2-3-4-5-10-6-8-11(9-7-10)12(13)14/h12-13H,1-10H2;10-11H,2-9H2,1H3,(H,13,14). The van der Waals surface area contributed by atoms with E-state index in [0.29, 0.717) is 12.1 Å². The van der Waals surface area contributed by atoms with E-state index in [1.54, 1.807) is 0 Å². The van der Waals surface area contributed by atoms with Crippen LogP contribution in [0.15, 0.2) is 9.98 Å². The van der Waals surface area contributed by atoms with E-state index in [4.69, 9.17) is 5.11 Å². The molecule has 0 aromatic heterocycles. The summed E-state index contributed by atoms with van der Waals surface area (Å²) in [4.78, 5) is 19.6. The van der Waals surface area contributed by atoms with Crippen molar-refractivity contribution in [2.24, 2.45) is 21.8 Å². The predicted octanol–water partition coefficient (Wildman–Crippen LogP) is 7.28. The van der Waals surface area contributed by atoms with E-state index < -0.39 is 5.97 Å². The van der Waals surface area contributed by atoms with Gasteiger partial charge in [-0.15, -0.1) is 0 Å². The smallest absolute Gasteiger partial charge is 0.306 e. The molecule has 0 unspecified atom stereocenters. The second-order valence-corrected chi connectivity index (χ2v) is 9.49. The maximum Gasteiger partial charge on any atom is 0.306 e. The van der Waals surface area contributed by atoms with Gasteiger partial charge in [-0.2, -0.15) is 0 Å². The molecule has 29 heavy (non-hydrogen) atoms. The van der Waals surface area contributed by atoms with Crippen LogP contribution in [0.3, 0.4) is 0 Å². The van der Waals surface area contributed by atoms with Gasteiger partial charge in [0, 0.05) is 0 Å². The van der Waals surface area contributed by atoms with Gasteiger partial charge in [-0.1, -0.05) is 71.1 Å². The van der Waals surface area contributed by atoms with Crippen LogP contribution in [-0.4, -0.2) is 29.2 Å². The summed E-state index contributed by atoms with van der Waals surface area (Å²) in [7, 11) is 0. The Kier molecular flexibility index (Phi) is 12.3. The first-order chi connectivity index (χ1) is 14.2. The van der Waals surface area contributed by atoms with Gasteiger partial charge in [-0.05, 0) is 57.3 Å². The highest BCUT2D eigenvalue weighted by Gasteiger charge is 2.25. The Bertz CT molecular complexity index is 471. The number of aliphatic imine (C=N–C) groups is 2. The summed E-state index contributed by atoms with van der Waals surface area (Å²) in [5, 5.41) is 8.84. The van der Waals surface area contributed by atoms with E-state index in [1.165, 1.54) is 89.9 Å². The Morgan fingerprint density at radius 1 is 0.793 bits per heavy atom. The van der Waals surface area contributed by atoms with Crippen LogP contribution in [0.25, 0.3) is 0 Å². The molecule has 3 fully saturated rings. The molecule has 0 radical (unpaired) electrons. The van der Waals surface area contributed by atoms with Crippen molar-refractivity contribution < 1.29 is 9.90 Å². The quantitative estimate of drug-likeness (QED) is 0.358. The van der Waals surface area contributed by atoms with E-state index in [-0.39, 0.29) is 5.92 Å². The Labute approximate surface area is 178 Å². The zero-order valence-corrected chi connectivity index (χ0v) is 18.8. The van der Waals surface area contributed by atoms with Crippen LogP contribution in [0.4, 0.5) is 0 Å². The molecule has 0 aromatic carbocycles. The fourth-order valence-corrected chi connectivity index (χ4v) is 5.00. The Morgan fingerprint density at radius 3 is 1.76 bits per heavy atom. The number of carboxylic acids is 1. The number of hydrogen-bond donors (Lipinski definition) is 1. The molecule has 3 saturated carbocycles. The molecule has 4 heteroatoms. The molecule has 0 amide bonds. The van der Waals surface area contributed by atoms with E-state index in [9.17, 15) is 4.79 Å². The molecule has 0 aliphatic heterocycles. The minimum Gasteiger partial charge on any atom is -0.481 e. The molecule has 0 spiro atoms. The first kappa shape index (κ1) is 24.1. The highest BCUT2D eigenvalue weighted by molar-refractivity contribution is 5.69. The molecule has 0 aromatic rings. The van der Waals surface area contributed by atoms with Crippen molar-refractivity contribution in [2.75, 3.05) is 0 Å². The molecule has 0 bridgehead atoms. The predicted molar refractivity (Wildman–Crippen MR) is 121 cm³/mol. The molecule has 4 nitrogen and oxygen atoms in total. The number of carboxylic acid groups (broad SMARTS) is 1. The van der Waals surface area contributed by atoms with Crippen molar-refractivity contribution in [1.82, 2.24) is 0 Å². The van der Waals surface area contributed by atoms with E-state index in [2.05, 4.69) is 22.9 Å². The minimum atomic E-state index is -0.586. The lowest BCUT2D eigenvalue weighted by Crippen LogP contribution is -2.21. The number of rotatable bonds is 7. The average Bonchev–Trinajstić information content (AvgIpc) is 2.76. The van der Waals surface area contributed by atoms with Crippen molar-refractivity contribution in [3.8, 4) is 0 Å². The molecule has 166 valence electrons. The Balaban J connectivity index is 0.000000208. The lowest BCUT2D eigenvalue weighted by atomic mass is 9.80. The van der Waals surface area contributed by atoms with Crippen molar-refractivity contribution >= 4 is 12.0 Å². The molecule has 3 aliphatic rings. The molecule has 0 saturated heterocycles. The highest BCUT2D eigenvalue weighted by Crippen LogP contribution is 2.32. The SMILES string of the molecule is C(=NC1CCCCC1)=NC1CCCCC1.CCCCCC1CCC(C(=O)O)CC1. The normalized spacial score (nSPS) is 26.0. The van der Waals surface area contributed by atoms with Gasteiger partial charge < -0.3 is 5.11 Å². The molecule has 3 rings (SSSR count). The fourth-order valence-electron chi connectivity index (χ4n) is 5.00. The van der Waals surface area contributed by atoms with Crippen LogP contribution in [0.1, 0.15) is 122 Å². The largest absolute Gasteiger partial charge is 0.481 e. The van der Waals surface area contributed by atoms with Crippen molar-refractivity contribution in [1.29, 1.82) is 0 Å². The highest BCUT2D eigenvalue weighted by atomic mass is 16.4. The van der Waals surface area contributed by atoms with E-state index >= 15 is 0 Å². The lowest BCUT2D eigenvalue weighted by Gasteiger charge is -2.25. The van der Waals surface area contributed by atoms with Crippen molar-refractivity contribution in [3.63, 3.8) is 0 Å². The van der Waals surface area contributed by atoms with Crippen LogP contribution in [0.2, 0.25) is 0 Å². The van der Waals surface area contributed by atoms with Gasteiger partial charge in [0.25, 0.3) is 0 Å². The van der Waals surface area contributed by atoms with Crippen LogP contribution >= 0.6 is 0 Å². The summed E-state index contributed by atoms with van der Waals surface area (Å²) in [5.41, 5.74) is 0. The zero-order chi connectivity index (χ0) is 20.7. The maximum atomic E-state index is 10.7. The number of carbonyl (C=O) groups is 1. The van der Waals surface area contributed by atoms with Crippen molar-refractivity contribution in [3.05, 3.63) is 0 Å². The van der Waals surface area contributed by atoms with Crippen LogP contribution in [0.5, 0.6) is 0 Å². The maximum absolute atomic E-state index is 10.7. The summed E-state index contributed by atoms with van der Waals surface area (Å²) in [5.74, 6) is 0.187. The summed E-state index contributed by atoms with van der Waals surface area (Å²) >= 11 is 0. The summed E-state index contributed by atoms with van der Waals surface area (Å²) in [6.45, 7) is 2.22. The topological polar surface area (TPSA) is 62.0 Å². The fraction of sp³-hybridized carbons (Fsp3) is 0.920. The van der Waals surface area contributed by atoms with Crippen molar-refractivity contribution in [2.45, 2.75) is 135 Å². The Morgan fingerprint density at radius 2 is 1.31 bits per heavy atom. The zero-order valence-electron chi connectivity index (χ0n) is 18.8. The molecule has 1 N–H and O–H groups in total. The van der Waals surface area contributed by atoms with Gasteiger partial charge in [0.15, 0.2) is 0 Å². The minimum absolute atomic E-state index is 0.0441. The third-order valence-electron chi connectivity index (χ3n) is 7.04. The Hall–Kier alpha value is -1.15. The molecular weight excluding hydrogens is 360 g/mol. The van der Waals surface area contributed by atoms with Crippen LogP contribution < -0.4 is 0 Å². The number of hydrogen-bond acceptors (Lipinski definition) is 3. The second-order valence-electron chi connectivity index (χ2n) is 9.49. The summed E-state index contributed by atoms with van der Waals surface area (Å²) < 4.78 is 0. The third kappa shape index (κ3) is 10.4. The van der Waals surface area contributed by atoms with Gasteiger partial charge in [0.2, 0.25) is 0 Å². The number of unbranched alkanes of at least 4 members (excludes halogenated alkanes) is 2. The van der Waals surface area contributed by atoms with E-state index in [1.807, 2.05) is 0 Å². The second kappa shape index (κ2) is 14.8. The van der Waals surface area contributed by atoms with Gasteiger partial charge in [-0.3, -0.25) is 4.79 Å². The lowest BCUT2D eigenvalue weighted by molar-refractivity contribution is -0.143. The van der Waals surface area contributed by atoms with Gasteiger partial charge in [0.1, 0.15) is 0 Å². The first-order valence-electron chi connectivity index (χ1n) is 12.6. The van der Waals surface area contributed by atoms with Gasteiger partial charge in [0.05, 0.1) is 24.0 Å². The van der Waals surface area contributed by atoms with Crippen LogP contribution in [0, 0.1) is 11.8 Å². The number of aliphatic carboxylic acids is 1. The molecule has 3 aliphatic carbocycles.